The van der Waals surface area contributed by atoms with Crippen LogP contribution in [0.3, 0.4) is 0 Å². The van der Waals surface area contributed by atoms with Gasteiger partial charge in [-0.05, 0) is 38.0 Å². The smallest absolute Gasteiger partial charge is 0.222 e. The van der Waals surface area contributed by atoms with Gasteiger partial charge in [-0.3, -0.25) is 9.48 Å². The number of aryl methyl sites for hydroxylation is 2. The third-order valence-corrected chi connectivity index (χ3v) is 5.17. The average Bonchev–Trinajstić information content (AvgIpc) is 3.02. The second-order valence-corrected chi connectivity index (χ2v) is 7.02. The van der Waals surface area contributed by atoms with E-state index in [-0.39, 0.29) is 5.91 Å². The molecule has 0 unspecified atom stereocenters. The van der Waals surface area contributed by atoms with Crippen LogP contribution in [0.2, 0.25) is 0 Å². The number of nitrogens with zero attached hydrogens (tertiary/aromatic N) is 4. The summed E-state index contributed by atoms with van der Waals surface area (Å²) in [5.41, 5.74) is 3.82. The zero-order valence-corrected chi connectivity index (χ0v) is 18.6. The molecule has 1 amide bonds. The van der Waals surface area contributed by atoms with E-state index >= 15 is 0 Å². The molecule has 0 aliphatic heterocycles. The van der Waals surface area contributed by atoms with Crippen molar-refractivity contribution in [3.63, 3.8) is 0 Å². The molecule has 2 aromatic rings. The Hall–Kier alpha value is -3.21. The first kappa shape index (κ1) is 23.1. The van der Waals surface area contributed by atoms with Gasteiger partial charge in [-0.2, -0.15) is 10.4 Å². The molecule has 0 aliphatic rings. The van der Waals surface area contributed by atoms with Gasteiger partial charge in [0.1, 0.15) is 0 Å². The lowest BCUT2D eigenvalue weighted by molar-refractivity contribution is -0.130. The van der Waals surface area contributed by atoms with Gasteiger partial charge in [-0.25, -0.2) is 0 Å². The number of ether oxygens (including phenoxy) is 3. The number of carbonyl (C=O) groups is 1. The minimum atomic E-state index is 0.0235. The monoisotopic (exact) mass is 414 g/mol. The van der Waals surface area contributed by atoms with Crippen LogP contribution in [0, 0.1) is 25.2 Å². The maximum Gasteiger partial charge on any atom is 0.222 e. The summed E-state index contributed by atoms with van der Waals surface area (Å²) in [4.78, 5) is 14.4. The summed E-state index contributed by atoms with van der Waals surface area (Å²) in [7, 11) is 6.46. The van der Waals surface area contributed by atoms with E-state index in [1.54, 1.807) is 39.3 Å². The minimum absolute atomic E-state index is 0.0235. The molecule has 0 saturated heterocycles. The number of rotatable bonds is 10. The van der Waals surface area contributed by atoms with Crippen LogP contribution in [0.4, 0.5) is 0 Å². The predicted molar refractivity (Wildman–Crippen MR) is 113 cm³/mol. The maximum absolute atomic E-state index is 12.8. The lowest BCUT2D eigenvalue weighted by Crippen LogP contribution is -2.26. The van der Waals surface area contributed by atoms with Crippen molar-refractivity contribution >= 4 is 5.91 Å². The lowest BCUT2D eigenvalue weighted by Gasteiger charge is -2.21. The number of amides is 1. The number of carbonyl (C=O) groups excluding carboxylic acids is 1. The van der Waals surface area contributed by atoms with E-state index < -0.39 is 0 Å². The molecular weight excluding hydrogens is 384 g/mol. The second-order valence-electron chi connectivity index (χ2n) is 7.02. The quantitative estimate of drug-likeness (QED) is 0.594. The third kappa shape index (κ3) is 5.03. The van der Waals surface area contributed by atoms with Crippen LogP contribution in [-0.4, -0.2) is 49.0 Å². The molecule has 1 heterocycles. The van der Waals surface area contributed by atoms with E-state index in [2.05, 4.69) is 11.2 Å². The van der Waals surface area contributed by atoms with Crippen LogP contribution in [0.15, 0.2) is 12.1 Å². The van der Waals surface area contributed by atoms with Crippen LogP contribution < -0.4 is 14.2 Å². The fourth-order valence-electron chi connectivity index (χ4n) is 3.52. The molecule has 2 rings (SSSR count). The highest BCUT2D eigenvalue weighted by Gasteiger charge is 2.19. The average molecular weight is 415 g/mol. The Morgan fingerprint density at radius 3 is 2.47 bits per heavy atom. The molecule has 0 bridgehead atoms. The fourth-order valence-corrected chi connectivity index (χ4v) is 3.52. The van der Waals surface area contributed by atoms with Crippen molar-refractivity contribution in [1.29, 1.82) is 5.26 Å². The van der Waals surface area contributed by atoms with Crippen molar-refractivity contribution in [3.05, 3.63) is 34.6 Å². The Bertz CT molecular complexity index is 930. The Labute approximate surface area is 177 Å². The van der Waals surface area contributed by atoms with Crippen molar-refractivity contribution in [2.75, 3.05) is 28.4 Å². The minimum Gasteiger partial charge on any atom is -0.493 e. The summed E-state index contributed by atoms with van der Waals surface area (Å²) >= 11 is 0. The molecule has 0 fully saturated rings. The van der Waals surface area contributed by atoms with Crippen molar-refractivity contribution in [3.8, 4) is 23.3 Å². The molecule has 8 nitrogen and oxygen atoms in total. The SMILES string of the molecule is COc1ccc(CN(C)C(=O)CCc2c(C)nn(CCC#N)c2C)c(OC)c1OC. The van der Waals surface area contributed by atoms with E-state index in [4.69, 9.17) is 19.5 Å². The van der Waals surface area contributed by atoms with Gasteiger partial charge in [-0.15, -0.1) is 0 Å². The van der Waals surface area contributed by atoms with Crippen LogP contribution in [-0.2, 0) is 24.3 Å². The first-order chi connectivity index (χ1) is 14.4. The Balaban J connectivity index is 2.08. The molecule has 1 aromatic carbocycles. The molecule has 1 aromatic heterocycles. The summed E-state index contributed by atoms with van der Waals surface area (Å²) < 4.78 is 18.1. The molecule has 0 radical (unpaired) electrons. The van der Waals surface area contributed by atoms with Crippen molar-refractivity contribution in [2.45, 2.75) is 46.2 Å². The fraction of sp³-hybridized carbons (Fsp3) is 0.500. The highest BCUT2D eigenvalue weighted by molar-refractivity contribution is 5.76. The van der Waals surface area contributed by atoms with Gasteiger partial charge in [0.05, 0.1) is 46.1 Å². The topological polar surface area (TPSA) is 89.6 Å². The number of benzene rings is 1. The van der Waals surface area contributed by atoms with Crippen LogP contribution in [0.1, 0.15) is 35.4 Å². The number of aromatic nitrogens is 2. The van der Waals surface area contributed by atoms with Crippen molar-refractivity contribution in [2.24, 2.45) is 0 Å². The molecule has 0 aliphatic carbocycles. The second kappa shape index (κ2) is 10.5. The Kier molecular flexibility index (Phi) is 8.10. The van der Waals surface area contributed by atoms with E-state index in [1.165, 1.54) is 0 Å². The van der Waals surface area contributed by atoms with Gasteiger partial charge >= 0.3 is 0 Å². The van der Waals surface area contributed by atoms with Crippen LogP contribution in [0.25, 0.3) is 0 Å². The number of methoxy groups -OCH3 is 3. The molecule has 0 atom stereocenters. The number of hydrogen-bond acceptors (Lipinski definition) is 6. The molecule has 30 heavy (non-hydrogen) atoms. The van der Waals surface area contributed by atoms with Crippen LogP contribution >= 0.6 is 0 Å². The zero-order chi connectivity index (χ0) is 22.3. The van der Waals surface area contributed by atoms with Crippen molar-refractivity contribution < 1.29 is 19.0 Å². The van der Waals surface area contributed by atoms with Gasteiger partial charge in [0, 0.05) is 31.3 Å². The molecular formula is C22H30N4O4. The number of nitriles is 1. The molecule has 8 heteroatoms. The zero-order valence-electron chi connectivity index (χ0n) is 18.6. The molecule has 0 saturated carbocycles. The van der Waals surface area contributed by atoms with E-state index in [0.717, 1.165) is 22.5 Å². The first-order valence-corrected chi connectivity index (χ1v) is 9.79. The van der Waals surface area contributed by atoms with Crippen LogP contribution in [0.5, 0.6) is 17.2 Å². The number of hydrogen-bond donors (Lipinski definition) is 0. The largest absolute Gasteiger partial charge is 0.493 e. The molecule has 162 valence electrons. The van der Waals surface area contributed by atoms with E-state index in [0.29, 0.717) is 49.6 Å². The molecule has 0 spiro atoms. The van der Waals surface area contributed by atoms with Gasteiger partial charge in [0.15, 0.2) is 11.5 Å². The lowest BCUT2D eigenvalue weighted by atomic mass is 10.1. The highest BCUT2D eigenvalue weighted by atomic mass is 16.5. The van der Waals surface area contributed by atoms with Crippen molar-refractivity contribution in [1.82, 2.24) is 14.7 Å². The third-order valence-electron chi connectivity index (χ3n) is 5.17. The Morgan fingerprint density at radius 2 is 1.87 bits per heavy atom. The summed E-state index contributed by atoms with van der Waals surface area (Å²) in [6.45, 7) is 4.88. The first-order valence-electron chi connectivity index (χ1n) is 9.79. The summed E-state index contributed by atoms with van der Waals surface area (Å²) in [6, 6.07) is 5.81. The predicted octanol–water partition coefficient (Wildman–Crippen LogP) is 3.03. The maximum atomic E-state index is 12.8. The summed E-state index contributed by atoms with van der Waals surface area (Å²) in [5.74, 6) is 1.66. The summed E-state index contributed by atoms with van der Waals surface area (Å²) in [6.07, 6.45) is 1.39. The molecule has 0 N–H and O–H groups in total. The standard InChI is InChI=1S/C22H30N4O4/c1-15-18(16(2)26(24-15)13-7-12-23)9-11-20(27)25(3)14-17-8-10-19(28-4)22(30-6)21(17)29-5/h8,10H,7,9,11,13-14H2,1-6H3. The van der Waals surface area contributed by atoms with Gasteiger partial charge in [-0.1, -0.05) is 0 Å². The van der Waals surface area contributed by atoms with E-state index in [9.17, 15) is 4.79 Å². The van der Waals surface area contributed by atoms with E-state index in [1.807, 2.05) is 24.6 Å². The van der Waals surface area contributed by atoms with Gasteiger partial charge < -0.3 is 19.1 Å². The Morgan fingerprint density at radius 1 is 1.17 bits per heavy atom. The van der Waals surface area contributed by atoms with Gasteiger partial charge in [0.2, 0.25) is 11.7 Å². The van der Waals surface area contributed by atoms with Gasteiger partial charge in [0.25, 0.3) is 0 Å². The summed E-state index contributed by atoms with van der Waals surface area (Å²) in [5, 5.41) is 13.3. The highest BCUT2D eigenvalue weighted by Crippen LogP contribution is 2.40. The normalized spacial score (nSPS) is 10.4.